The smallest absolute Gasteiger partial charge is 0.0406 e. The first-order valence-corrected chi connectivity index (χ1v) is 7.72. The summed E-state index contributed by atoms with van der Waals surface area (Å²) in [5.74, 6) is 0. The first-order valence-electron chi connectivity index (χ1n) is 7.72. The zero-order valence-corrected chi connectivity index (χ0v) is 14.8. The second-order valence-electron chi connectivity index (χ2n) is 8.51. The Balaban J connectivity index is 2.87. The van der Waals surface area contributed by atoms with Crippen LogP contribution in [-0.2, 0) is 5.41 Å². The quantitative estimate of drug-likeness (QED) is 0.624. The highest BCUT2D eigenvalue weighted by Crippen LogP contribution is 2.62. The van der Waals surface area contributed by atoms with E-state index >= 15 is 0 Å². The Morgan fingerprint density at radius 3 is 1.80 bits per heavy atom. The Hall–Kier alpha value is -0.980. The Labute approximate surface area is 125 Å². The number of benzene rings is 1. The van der Waals surface area contributed by atoms with Gasteiger partial charge < -0.3 is 4.90 Å². The molecule has 0 aliphatic carbocycles. The maximum atomic E-state index is 2.48. The SMILES string of the molecule is CN1c2ccccc2C(C)(C)C(C)(C)C(C)(C)C1(C)C. The van der Waals surface area contributed by atoms with E-state index in [4.69, 9.17) is 0 Å². The van der Waals surface area contributed by atoms with Crippen molar-refractivity contribution in [2.24, 2.45) is 10.8 Å². The summed E-state index contributed by atoms with van der Waals surface area (Å²) in [7, 11) is 2.25. The average molecular weight is 273 g/mol. The zero-order valence-electron chi connectivity index (χ0n) is 14.8. The number of rotatable bonds is 0. The summed E-state index contributed by atoms with van der Waals surface area (Å²) in [5, 5.41) is 0. The first-order chi connectivity index (χ1) is 8.89. The molecule has 0 fully saturated rings. The van der Waals surface area contributed by atoms with E-state index in [2.05, 4.69) is 91.6 Å². The average Bonchev–Trinajstić information content (AvgIpc) is 2.37. The molecule has 0 amide bonds. The van der Waals surface area contributed by atoms with Crippen LogP contribution in [0.15, 0.2) is 24.3 Å². The van der Waals surface area contributed by atoms with Crippen molar-refractivity contribution < 1.29 is 0 Å². The summed E-state index contributed by atoms with van der Waals surface area (Å²) < 4.78 is 0. The van der Waals surface area contributed by atoms with Crippen molar-refractivity contribution in [2.75, 3.05) is 11.9 Å². The highest BCUT2D eigenvalue weighted by atomic mass is 15.2. The summed E-state index contributed by atoms with van der Waals surface area (Å²) in [6.45, 7) is 19.3. The van der Waals surface area contributed by atoms with Crippen LogP contribution >= 0.6 is 0 Å². The van der Waals surface area contributed by atoms with Gasteiger partial charge >= 0.3 is 0 Å². The van der Waals surface area contributed by atoms with Gasteiger partial charge in [0.15, 0.2) is 0 Å². The number of para-hydroxylation sites is 1. The molecule has 1 aliphatic heterocycles. The lowest BCUT2D eigenvalue weighted by atomic mass is 9.49. The van der Waals surface area contributed by atoms with Crippen molar-refractivity contribution in [3.8, 4) is 0 Å². The molecule has 1 aromatic carbocycles. The molecule has 0 radical (unpaired) electrons. The molecule has 0 saturated heterocycles. The number of hydrogen-bond acceptors (Lipinski definition) is 1. The standard InChI is InChI=1S/C19H31N/c1-16(2)14-12-10-11-13-15(14)20(9)19(7,8)18(5,6)17(16,3)4/h10-13H,1-9H3. The molecule has 20 heavy (non-hydrogen) atoms. The van der Waals surface area contributed by atoms with Crippen LogP contribution in [0.25, 0.3) is 0 Å². The number of nitrogens with zero attached hydrogens (tertiary/aromatic N) is 1. The second-order valence-corrected chi connectivity index (χ2v) is 8.51. The van der Waals surface area contributed by atoms with Gasteiger partial charge in [0.25, 0.3) is 0 Å². The van der Waals surface area contributed by atoms with Crippen LogP contribution in [0.2, 0.25) is 0 Å². The molecule has 0 saturated carbocycles. The van der Waals surface area contributed by atoms with Gasteiger partial charge in [0.2, 0.25) is 0 Å². The predicted octanol–water partition coefficient (Wildman–Crippen LogP) is 5.25. The fourth-order valence-electron chi connectivity index (χ4n) is 3.90. The molecule has 0 bridgehead atoms. The largest absolute Gasteiger partial charge is 0.369 e. The van der Waals surface area contributed by atoms with E-state index in [1.165, 1.54) is 11.3 Å². The fraction of sp³-hybridized carbons (Fsp3) is 0.684. The van der Waals surface area contributed by atoms with Crippen molar-refractivity contribution in [3.05, 3.63) is 29.8 Å². The molecular formula is C19H31N. The van der Waals surface area contributed by atoms with Crippen molar-refractivity contribution in [1.29, 1.82) is 0 Å². The van der Waals surface area contributed by atoms with Gasteiger partial charge in [0.05, 0.1) is 0 Å². The van der Waals surface area contributed by atoms with Gasteiger partial charge in [0.1, 0.15) is 0 Å². The minimum absolute atomic E-state index is 0.0837. The van der Waals surface area contributed by atoms with E-state index in [9.17, 15) is 0 Å². The van der Waals surface area contributed by atoms with Crippen LogP contribution in [0.3, 0.4) is 0 Å². The third kappa shape index (κ3) is 1.55. The summed E-state index contributed by atoms with van der Waals surface area (Å²) in [6, 6.07) is 8.92. The maximum absolute atomic E-state index is 2.48. The van der Waals surface area contributed by atoms with Gasteiger partial charge in [-0.05, 0) is 41.7 Å². The Kier molecular flexibility index (Phi) is 3.10. The Bertz CT molecular complexity index is 520. The minimum Gasteiger partial charge on any atom is -0.369 e. The molecule has 1 heterocycles. The zero-order chi connectivity index (χ0) is 15.6. The van der Waals surface area contributed by atoms with Crippen LogP contribution in [0, 0.1) is 10.8 Å². The number of fused-ring (bicyclic) bond motifs is 1. The van der Waals surface area contributed by atoms with Crippen LogP contribution in [0.1, 0.15) is 61.0 Å². The topological polar surface area (TPSA) is 3.24 Å². The maximum Gasteiger partial charge on any atom is 0.0406 e. The summed E-state index contributed by atoms with van der Waals surface area (Å²) in [5.41, 5.74) is 3.38. The molecule has 112 valence electrons. The molecule has 2 rings (SSSR count). The monoisotopic (exact) mass is 273 g/mol. The van der Waals surface area contributed by atoms with Crippen molar-refractivity contribution in [1.82, 2.24) is 0 Å². The molecule has 0 atom stereocenters. The molecular weight excluding hydrogens is 242 g/mol. The van der Waals surface area contributed by atoms with Crippen molar-refractivity contribution in [2.45, 2.75) is 66.3 Å². The lowest BCUT2D eigenvalue weighted by Gasteiger charge is -2.58. The van der Waals surface area contributed by atoms with Crippen LogP contribution in [-0.4, -0.2) is 12.6 Å². The van der Waals surface area contributed by atoms with E-state index < -0.39 is 0 Å². The molecule has 0 aromatic heterocycles. The van der Waals surface area contributed by atoms with Crippen molar-refractivity contribution in [3.63, 3.8) is 0 Å². The van der Waals surface area contributed by atoms with Gasteiger partial charge in [-0.3, -0.25) is 0 Å². The minimum atomic E-state index is 0.0837. The van der Waals surface area contributed by atoms with Gasteiger partial charge in [-0.15, -0.1) is 0 Å². The molecule has 1 aliphatic rings. The third-order valence-electron chi connectivity index (χ3n) is 7.43. The van der Waals surface area contributed by atoms with E-state index in [1.54, 1.807) is 0 Å². The summed E-state index contributed by atoms with van der Waals surface area (Å²) in [4.78, 5) is 2.48. The molecule has 1 heteroatoms. The summed E-state index contributed by atoms with van der Waals surface area (Å²) >= 11 is 0. The summed E-state index contributed by atoms with van der Waals surface area (Å²) in [6.07, 6.45) is 0. The van der Waals surface area contributed by atoms with Crippen LogP contribution in [0.5, 0.6) is 0 Å². The highest BCUT2D eigenvalue weighted by Gasteiger charge is 2.59. The highest BCUT2D eigenvalue weighted by molar-refractivity contribution is 5.60. The first kappa shape index (κ1) is 15.4. The van der Waals surface area contributed by atoms with E-state index in [-0.39, 0.29) is 21.8 Å². The number of hydrogen-bond donors (Lipinski definition) is 0. The normalized spacial score (nSPS) is 25.8. The second kappa shape index (κ2) is 4.02. The molecule has 0 N–H and O–H groups in total. The molecule has 0 unspecified atom stereocenters. The van der Waals surface area contributed by atoms with E-state index in [0.29, 0.717) is 0 Å². The molecule has 1 aromatic rings. The lowest BCUT2D eigenvalue weighted by molar-refractivity contribution is -0.0162. The van der Waals surface area contributed by atoms with E-state index in [1.807, 2.05) is 0 Å². The van der Waals surface area contributed by atoms with Crippen LogP contribution in [0.4, 0.5) is 5.69 Å². The lowest BCUT2D eigenvalue weighted by Crippen LogP contribution is -2.60. The Morgan fingerprint density at radius 1 is 0.750 bits per heavy atom. The Morgan fingerprint density at radius 2 is 1.25 bits per heavy atom. The van der Waals surface area contributed by atoms with Crippen LogP contribution < -0.4 is 4.90 Å². The predicted molar refractivity (Wildman–Crippen MR) is 89.5 cm³/mol. The van der Waals surface area contributed by atoms with Gasteiger partial charge in [-0.25, -0.2) is 0 Å². The fourth-order valence-corrected chi connectivity index (χ4v) is 3.90. The number of anilines is 1. The molecule has 1 nitrogen and oxygen atoms in total. The molecule has 0 spiro atoms. The van der Waals surface area contributed by atoms with Gasteiger partial charge in [-0.2, -0.15) is 0 Å². The van der Waals surface area contributed by atoms with Gasteiger partial charge in [-0.1, -0.05) is 59.7 Å². The van der Waals surface area contributed by atoms with E-state index in [0.717, 1.165) is 0 Å². The van der Waals surface area contributed by atoms with Gasteiger partial charge in [0, 0.05) is 18.3 Å². The van der Waals surface area contributed by atoms with Crippen molar-refractivity contribution >= 4 is 5.69 Å². The third-order valence-corrected chi connectivity index (χ3v) is 7.43.